The van der Waals surface area contributed by atoms with Crippen LogP contribution in [0.15, 0.2) is 130 Å². The minimum atomic E-state index is -0.194. The number of hydrogen-bond donors (Lipinski definition) is 0. The first-order chi connectivity index (χ1) is 36.2. The number of furan rings is 2. The van der Waals surface area contributed by atoms with E-state index < -0.39 is 0 Å². The van der Waals surface area contributed by atoms with E-state index in [0.29, 0.717) is 0 Å². The van der Waals surface area contributed by atoms with E-state index in [-0.39, 0.29) is 44.6 Å². The Bertz CT molecular complexity index is 4000. The van der Waals surface area contributed by atoms with Gasteiger partial charge in [-0.05, 0) is 193 Å². The molecule has 2 aliphatic heterocycles. The Labute approximate surface area is 458 Å². The second-order valence-electron chi connectivity index (χ2n) is 29.3. The minimum Gasteiger partial charge on any atom is -0.468 e. The van der Waals surface area contributed by atoms with Gasteiger partial charge in [0, 0.05) is 50.5 Å². The lowest BCUT2D eigenvalue weighted by atomic mass is 9.35. The quantitative estimate of drug-likeness (QED) is 0.165. The lowest BCUT2D eigenvalue weighted by Crippen LogP contribution is -2.61. The maximum atomic E-state index is 7.82. The van der Waals surface area contributed by atoms with E-state index >= 15 is 0 Å². The van der Waals surface area contributed by atoms with E-state index in [2.05, 4.69) is 235 Å². The number of para-hydroxylation sites is 1. The van der Waals surface area contributed by atoms with Crippen molar-refractivity contribution in [3.63, 3.8) is 0 Å². The molecule has 5 aliphatic rings. The molecule has 390 valence electrons. The van der Waals surface area contributed by atoms with Gasteiger partial charge in [0.05, 0.1) is 17.0 Å². The van der Waals surface area contributed by atoms with Gasteiger partial charge in [0.25, 0.3) is 6.71 Å². The molecule has 0 unspecified atom stereocenters. The van der Waals surface area contributed by atoms with Gasteiger partial charge in [0.15, 0.2) is 0 Å². The summed E-state index contributed by atoms with van der Waals surface area (Å²) in [5.41, 5.74) is 25.9. The van der Waals surface area contributed by atoms with Crippen molar-refractivity contribution in [2.24, 2.45) is 0 Å². The molecule has 5 heteroatoms. The SMILES string of the molecule is CC(C)(C)c1cc2c3c(c1)N(c1ccc4c(c1)oc1ccccc14)c1c(oc4cc5c(cc14)C(C)(C)CCC5(C)C)B3c1cc3c(cc1N2c1cc2c(cc1-c1ccccc1)C(C)(C)CCC2(C)C)C(C)(C)CCC3(C)C. The average Bonchev–Trinajstić information content (AvgIpc) is 3.99. The van der Waals surface area contributed by atoms with E-state index in [1.54, 1.807) is 0 Å². The standard InChI is InChI=1S/C72H77BN2O2/c1-66(2,3)43-33-58-63-59(34-43)75(56-39-52-49(67(4,5)27-30-70(52,10)11)36-47(56)42-21-17-16-18-22-42)57-40-53-51(69(8,9)29-31-71(53,12)13)38-55(57)73(63)65-64(48-37-50-54(41-62(48)77-65)72(14,15)32-28-68(50,6)7)74(58)44-25-26-46-45-23-19-20-24-60(45)76-61(46)35-44/h16-26,33-41H,27-32H2,1-15H3. The molecule has 0 bridgehead atoms. The largest absolute Gasteiger partial charge is 0.468 e. The van der Waals surface area contributed by atoms with Crippen LogP contribution in [0.5, 0.6) is 0 Å². The lowest BCUT2D eigenvalue weighted by Gasteiger charge is -2.48. The van der Waals surface area contributed by atoms with Crippen molar-refractivity contribution in [1.82, 2.24) is 0 Å². The maximum Gasteiger partial charge on any atom is 0.297 e. The Hall–Kier alpha value is -6.46. The highest BCUT2D eigenvalue weighted by Gasteiger charge is 2.51. The van der Waals surface area contributed by atoms with E-state index in [1.165, 1.54) is 89.1 Å². The van der Waals surface area contributed by atoms with Crippen LogP contribution in [0.2, 0.25) is 0 Å². The summed E-state index contributed by atoms with van der Waals surface area (Å²) in [6.45, 7) is 36.6. The molecule has 0 atom stereocenters. The molecule has 0 N–H and O–H groups in total. The van der Waals surface area contributed by atoms with Gasteiger partial charge in [0.1, 0.15) is 16.7 Å². The number of nitrogens with zero attached hydrogens (tertiary/aromatic N) is 2. The zero-order chi connectivity index (χ0) is 53.9. The van der Waals surface area contributed by atoms with Gasteiger partial charge < -0.3 is 18.6 Å². The Kier molecular flexibility index (Phi) is 9.93. The van der Waals surface area contributed by atoms with Crippen LogP contribution in [0, 0.1) is 0 Å². The molecule has 4 nitrogen and oxygen atoms in total. The molecule has 14 rings (SSSR count). The van der Waals surface area contributed by atoms with Gasteiger partial charge in [-0.1, -0.05) is 158 Å². The Morgan fingerprint density at radius 2 is 0.909 bits per heavy atom. The normalized spacial score (nSPS) is 19.9. The summed E-state index contributed by atoms with van der Waals surface area (Å²) in [5.74, 6) is 0. The number of anilines is 6. The van der Waals surface area contributed by atoms with Crippen molar-refractivity contribution >= 4 is 90.3 Å². The molecule has 3 aliphatic carbocycles. The third kappa shape index (κ3) is 7.02. The highest BCUT2D eigenvalue weighted by Crippen LogP contribution is 2.57. The summed E-state index contributed by atoms with van der Waals surface area (Å²) in [6, 6.07) is 47.4. The zero-order valence-corrected chi connectivity index (χ0v) is 48.6. The molecule has 0 saturated heterocycles. The van der Waals surface area contributed by atoms with Gasteiger partial charge in [0.2, 0.25) is 0 Å². The van der Waals surface area contributed by atoms with Crippen LogP contribution in [-0.2, 0) is 37.9 Å². The smallest absolute Gasteiger partial charge is 0.297 e. The third-order valence-corrected chi connectivity index (χ3v) is 20.4. The molecule has 77 heavy (non-hydrogen) atoms. The molecular formula is C72H77BN2O2. The van der Waals surface area contributed by atoms with Crippen LogP contribution >= 0.6 is 0 Å². The van der Waals surface area contributed by atoms with Gasteiger partial charge in [-0.15, -0.1) is 0 Å². The first-order valence-corrected chi connectivity index (χ1v) is 29.0. The Balaban J connectivity index is 1.16. The number of benzene rings is 7. The van der Waals surface area contributed by atoms with Crippen molar-refractivity contribution in [1.29, 1.82) is 0 Å². The molecule has 4 heterocycles. The molecule has 2 aromatic heterocycles. The van der Waals surface area contributed by atoms with Gasteiger partial charge >= 0.3 is 0 Å². The van der Waals surface area contributed by atoms with E-state index in [9.17, 15) is 0 Å². The number of rotatable bonds is 3. The second kappa shape index (κ2) is 15.6. The topological polar surface area (TPSA) is 32.8 Å². The third-order valence-electron chi connectivity index (χ3n) is 20.4. The average molecular weight is 1010 g/mol. The highest BCUT2D eigenvalue weighted by atomic mass is 16.3. The highest BCUT2D eigenvalue weighted by molar-refractivity contribution is 7.00. The molecule has 0 fully saturated rings. The molecule has 0 amide bonds. The summed E-state index contributed by atoms with van der Waals surface area (Å²) in [6.07, 6.45) is 6.84. The fourth-order valence-corrected chi connectivity index (χ4v) is 15.1. The summed E-state index contributed by atoms with van der Waals surface area (Å²) < 4.78 is 14.6. The van der Waals surface area contributed by atoms with Crippen LogP contribution < -0.4 is 26.4 Å². The van der Waals surface area contributed by atoms with Crippen molar-refractivity contribution in [3.05, 3.63) is 160 Å². The van der Waals surface area contributed by atoms with Crippen LogP contribution in [0.4, 0.5) is 34.1 Å². The van der Waals surface area contributed by atoms with Gasteiger partial charge in [-0.25, -0.2) is 0 Å². The second-order valence-corrected chi connectivity index (χ2v) is 29.3. The predicted molar refractivity (Wildman–Crippen MR) is 328 cm³/mol. The fourth-order valence-electron chi connectivity index (χ4n) is 15.1. The number of hydrogen-bond acceptors (Lipinski definition) is 4. The van der Waals surface area contributed by atoms with Crippen LogP contribution in [0.1, 0.15) is 181 Å². The molecular weight excluding hydrogens is 936 g/mol. The van der Waals surface area contributed by atoms with E-state index in [4.69, 9.17) is 8.83 Å². The molecule has 0 spiro atoms. The predicted octanol–water partition coefficient (Wildman–Crippen LogP) is 18.4. The molecule has 0 radical (unpaired) electrons. The summed E-state index contributed by atoms with van der Waals surface area (Å²) in [5, 5.41) is 3.44. The van der Waals surface area contributed by atoms with Crippen molar-refractivity contribution in [3.8, 4) is 11.1 Å². The molecule has 7 aromatic carbocycles. The van der Waals surface area contributed by atoms with Crippen molar-refractivity contribution in [2.75, 3.05) is 9.80 Å². The van der Waals surface area contributed by atoms with E-state index in [0.717, 1.165) is 83.1 Å². The van der Waals surface area contributed by atoms with Crippen LogP contribution in [-0.4, -0.2) is 6.71 Å². The minimum absolute atomic E-state index is 0.00483. The first kappa shape index (κ1) is 48.9. The van der Waals surface area contributed by atoms with Gasteiger partial charge in [-0.2, -0.15) is 0 Å². The zero-order valence-electron chi connectivity index (χ0n) is 48.6. The lowest BCUT2D eigenvalue weighted by molar-refractivity contribution is 0.332. The Morgan fingerprint density at radius 1 is 0.416 bits per heavy atom. The van der Waals surface area contributed by atoms with Crippen LogP contribution in [0.3, 0.4) is 0 Å². The van der Waals surface area contributed by atoms with Crippen molar-refractivity contribution in [2.45, 2.75) is 180 Å². The fraction of sp³-hybridized carbons (Fsp3) is 0.389. The molecule has 9 aromatic rings. The first-order valence-electron chi connectivity index (χ1n) is 29.0. The maximum absolute atomic E-state index is 7.82. The van der Waals surface area contributed by atoms with Crippen LogP contribution in [0.25, 0.3) is 44.0 Å². The molecule has 0 saturated carbocycles. The summed E-state index contributed by atoms with van der Waals surface area (Å²) in [4.78, 5) is 5.34. The van der Waals surface area contributed by atoms with Gasteiger partial charge in [-0.3, -0.25) is 0 Å². The van der Waals surface area contributed by atoms with E-state index in [1.807, 2.05) is 0 Å². The summed E-state index contributed by atoms with van der Waals surface area (Å²) in [7, 11) is 0. The summed E-state index contributed by atoms with van der Waals surface area (Å²) >= 11 is 0. The monoisotopic (exact) mass is 1010 g/mol. The van der Waals surface area contributed by atoms with Crippen molar-refractivity contribution < 1.29 is 8.83 Å². The Morgan fingerprint density at radius 3 is 1.52 bits per heavy atom. The number of fused-ring (bicyclic) bond motifs is 12.